The number of carbonyl (C=O) groups is 2. The summed E-state index contributed by atoms with van der Waals surface area (Å²) in [5.74, 6) is -2.16. The molecule has 1 aliphatic heterocycles. The van der Waals surface area contributed by atoms with E-state index in [0.717, 1.165) is 0 Å². The van der Waals surface area contributed by atoms with E-state index in [0.29, 0.717) is 22.8 Å². The first-order chi connectivity index (χ1) is 13.1. The summed E-state index contributed by atoms with van der Waals surface area (Å²) in [6.45, 7) is 0.0165. The molecule has 3 amide bonds. The summed E-state index contributed by atoms with van der Waals surface area (Å²) in [6, 6.07) is 3.94. The van der Waals surface area contributed by atoms with Crippen molar-refractivity contribution in [2.24, 2.45) is 0 Å². The van der Waals surface area contributed by atoms with Crippen LogP contribution in [0, 0.1) is 5.82 Å². The summed E-state index contributed by atoms with van der Waals surface area (Å²) >= 11 is 5.84. The molecule has 1 aliphatic rings. The molecule has 148 valence electrons. The Hall–Kier alpha value is -2.88. The van der Waals surface area contributed by atoms with Crippen molar-refractivity contribution in [2.75, 3.05) is 6.54 Å². The smallest absolute Gasteiger partial charge is 0.342 e. The highest BCUT2D eigenvalue weighted by Gasteiger charge is 2.36. The van der Waals surface area contributed by atoms with Crippen molar-refractivity contribution in [2.45, 2.75) is 18.3 Å². The fourth-order valence-corrected chi connectivity index (χ4v) is 2.80. The number of urea groups is 1. The number of halogens is 5. The van der Waals surface area contributed by atoms with E-state index in [1.165, 1.54) is 24.3 Å². The second kappa shape index (κ2) is 7.63. The van der Waals surface area contributed by atoms with Crippen LogP contribution in [-0.4, -0.2) is 29.5 Å². The van der Waals surface area contributed by atoms with Crippen LogP contribution in [0.15, 0.2) is 36.5 Å². The minimum absolute atomic E-state index is 0.0165. The standard InChI is InChI=1S/C17H13ClF4N4O2/c18-9-3-1-8(2-4-9)14(26-15(27)13-7-24-16(28)25-13)12-5-10(17(20,21)22)11(19)6-23-12/h1-6,13-14H,7H2,(H,26,27)(H2,24,25,28)/t13-,14+/m0/s1. The Labute approximate surface area is 161 Å². The van der Waals surface area contributed by atoms with E-state index < -0.39 is 41.6 Å². The van der Waals surface area contributed by atoms with Crippen LogP contribution < -0.4 is 16.0 Å². The van der Waals surface area contributed by atoms with Gasteiger partial charge in [0.25, 0.3) is 0 Å². The third kappa shape index (κ3) is 4.33. The summed E-state index contributed by atoms with van der Waals surface area (Å²) in [5, 5.41) is 7.70. The number of rotatable bonds is 4. The fraction of sp³-hybridized carbons (Fsp3) is 0.235. The molecule has 2 aromatic rings. The Kier molecular flexibility index (Phi) is 5.41. The topological polar surface area (TPSA) is 83.1 Å². The van der Waals surface area contributed by atoms with E-state index in [-0.39, 0.29) is 12.2 Å². The number of pyridine rings is 1. The van der Waals surface area contributed by atoms with Gasteiger partial charge < -0.3 is 16.0 Å². The van der Waals surface area contributed by atoms with E-state index >= 15 is 0 Å². The second-order valence-electron chi connectivity index (χ2n) is 5.99. The van der Waals surface area contributed by atoms with Gasteiger partial charge in [-0.3, -0.25) is 9.78 Å². The van der Waals surface area contributed by atoms with Gasteiger partial charge in [-0.15, -0.1) is 0 Å². The van der Waals surface area contributed by atoms with E-state index in [1.54, 1.807) is 0 Å². The van der Waals surface area contributed by atoms with Gasteiger partial charge in [-0.1, -0.05) is 23.7 Å². The molecule has 28 heavy (non-hydrogen) atoms. The number of aromatic nitrogens is 1. The third-order valence-electron chi connectivity index (χ3n) is 4.06. The van der Waals surface area contributed by atoms with Crippen molar-refractivity contribution in [3.63, 3.8) is 0 Å². The number of benzene rings is 1. The molecule has 0 saturated carbocycles. The second-order valence-corrected chi connectivity index (χ2v) is 6.42. The van der Waals surface area contributed by atoms with Crippen LogP contribution in [0.1, 0.15) is 22.9 Å². The Morgan fingerprint density at radius 1 is 1.29 bits per heavy atom. The summed E-state index contributed by atoms with van der Waals surface area (Å²) in [4.78, 5) is 27.4. The Morgan fingerprint density at radius 3 is 2.54 bits per heavy atom. The van der Waals surface area contributed by atoms with Crippen LogP contribution in [0.5, 0.6) is 0 Å². The van der Waals surface area contributed by atoms with Crippen molar-refractivity contribution in [1.29, 1.82) is 0 Å². The lowest BCUT2D eigenvalue weighted by molar-refractivity contribution is -0.140. The minimum Gasteiger partial charge on any atom is -0.342 e. The lowest BCUT2D eigenvalue weighted by atomic mass is 10.0. The van der Waals surface area contributed by atoms with Gasteiger partial charge in [0, 0.05) is 11.6 Å². The lowest BCUT2D eigenvalue weighted by Crippen LogP contribution is -2.44. The van der Waals surface area contributed by atoms with E-state index in [9.17, 15) is 27.2 Å². The lowest BCUT2D eigenvalue weighted by Gasteiger charge is -2.22. The third-order valence-corrected chi connectivity index (χ3v) is 4.31. The molecule has 1 fully saturated rings. The zero-order chi connectivity index (χ0) is 20.5. The predicted octanol–water partition coefficient (Wildman–Crippen LogP) is 2.78. The van der Waals surface area contributed by atoms with Gasteiger partial charge >= 0.3 is 12.2 Å². The van der Waals surface area contributed by atoms with Crippen molar-refractivity contribution in [1.82, 2.24) is 20.9 Å². The van der Waals surface area contributed by atoms with E-state index in [4.69, 9.17) is 11.6 Å². The molecule has 0 spiro atoms. The van der Waals surface area contributed by atoms with Crippen molar-refractivity contribution in [3.05, 3.63) is 64.2 Å². The van der Waals surface area contributed by atoms with E-state index in [1.807, 2.05) is 0 Å². The largest absolute Gasteiger partial charge is 0.419 e. The zero-order valence-electron chi connectivity index (χ0n) is 14.0. The van der Waals surface area contributed by atoms with Gasteiger partial charge in [0.15, 0.2) is 5.82 Å². The fourth-order valence-electron chi connectivity index (χ4n) is 2.67. The van der Waals surface area contributed by atoms with Crippen LogP contribution >= 0.6 is 11.6 Å². The Balaban J connectivity index is 1.98. The van der Waals surface area contributed by atoms with Gasteiger partial charge in [-0.25, -0.2) is 9.18 Å². The number of alkyl halides is 3. The minimum atomic E-state index is -4.93. The molecule has 2 atom stereocenters. The first-order valence-electron chi connectivity index (χ1n) is 7.98. The summed E-state index contributed by atoms with van der Waals surface area (Å²) < 4.78 is 52.8. The normalized spacial score (nSPS) is 17.6. The Bertz CT molecular complexity index is 905. The molecule has 0 aliphatic carbocycles. The number of hydrogen-bond donors (Lipinski definition) is 3. The molecular weight excluding hydrogens is 404 g/mol. The maximum Gasteiger partial charge on any atom is 0.419 e. The van der Waals surface area contributed by atoms with Crippen LogP contribution in [0.3, 0.4) is 0 Å². The van der Waals surface area contributed by atoms with Crippen LogP contribution in [0.2, 0.25) is 5.02 Å². The van der Waals surface area contributed by atoms with Gasteiger partial charge in [0.05, 0.1) is 23.5 Å². The number of hydrogen-bond acceptors (Lipinski definition) is 3. The molecular formula is C17H13ClF4N4O2. The highest BCUT2D eigenvalue weighted by atomic mass is 35.5. The average Bonchev–Trinajstić information content (AvgIpc) is 3.07. The average molecular weight is 417 g/mol. The number of carbonyl (C=O) groups excluding carboxylic acids is 2. The van der Waals surface area contributed by atoms with Gasteiger partial charge in [-0.2, -0.15) is 13.2 Å². The summed E-state index contributed by atoms with van der Waals surface area (Å²) in [6.07, 6.45) is -4.48. The molecule has 1 aromatic carbocycles. The molecule has 1 aromatic heterocycles. The van der Waals surface area contributed by atoms with Crippen molar-refractivity contribution < 1.29 is 27.2 Å². The SMILES string of the molecule is O=C1NC[C@@H](C(=O)N[C@H](c2ccc(Cl)cc2)c2cc(C(F)(F)F)c(F)cn2)N1. The molecule has 0 unspecified atom stereocenters. The molecule has 6 nitrogen and oxygen atoms in total. The summed E-state index contributed by atoms with van der Waals surface area (Å²) in [5.41, 5.74) is -1.34. The first kappa shape index (κ1) is 19.9. The molecule has 3 rings (SSSR count). The molecule has 0 radical (unpaired) electrons. The zero-order valence-corrected chi connectivity index (χ0v) is 14.7. The number of nitrogens with one attached hydrogen (secondary N) is 3. The maximum atomic E-state index is 13.6. The molecule has 0 bridgehead atoms. The predicted molar refractivity (Wildman–Crippen MR) is 91.0 cm³/mol. The van der Waals surface area contributed by atoms with Crippen LogP contribution in [-0.2, 0) is 11.0 Å². The highest BCUT2D eigenvalue weighted by molar-refractivity contribution is 6.30. The van der Waals surface area contributed by atoms with Crippen molar-refractivity contribution in [3.8, 4) is 0 Å². The summed E-state index contributed by atoms with van der Waals surface area (Å²) in [7, 11) is 0. The highest BCUT2D eigenvalue weighted by Crippen LogP contribution is 2.33. The molecule has 2 heterocycles. The van der Waals surface area contributed by atoms with Crippen LogP contribution in [0.25, 0.3) is 0 Å². The molecule has 1 saturated heterocycles. The number of nitrogens with zero attached hydrogens (tertiary/aromatic N) is 1. The first-order valence-corrected chi connectivity index (χ1v) is 8.36. The number of amides is 3. The Morgan fingerprint density at radius 2 is 1.96 bits per heavy atom. The molecule has 11 heteroatoms. The monoisotopic (exact) mass is 416 g/mol. The van der Waals surface area contributed by atoms with Gasteiger partial charge in [0.2, 0.25) is 5.91 Å². The quantitative estimate of drug-likeness (QED) is 0.670. The van der Waals surface area contributed by atoms with Crippen LogP contribution in [0.4, 0.5) is 22.4 Å². The van der Waals surface area contributed by atoms with Crippen molar-refractivity contribution >= 4 is 23.5 Å². The van der Waals surface area contributed by atoms with Gasteiger partial charge in [0.1, 0.15) is 6.04 Å². The maximum absolute atomic E-state index is 13.6. The van der Waals surface area contributed by atoms with E-state index in [2.05, 4.69) is 20.9 Å². The van der Waals surface area contributed by atoms with Gasteiger partial charge in [-0.05, 0) is 23.8 Å². The molecule has 3 N–H and O–H groups in total.